The Kier molecular flexibility index (Phi) is 4.36. The lowest BCUT2D eigenvalue weighted by Crippen LogP contribution is -2.36. The summed E-state index contributed by atoms with van der Waals surface area (Å²) in [5.41, 5.74) is 0.650. The highest BCUT2D eigenvalue weighted by atomic mass is 16.5. The first kappa shape index (κ1) is 15.2. The molecule has 3 heterocycles. The second-order valence-electron chi connectivity index (χ2n) is 5.56. The van der Waals surface area contributed by atoms with E-state index < -0.39 is 0 Å². The van der Waals surface area contributed by atoms with Gasteiger partial charge in [0.2, 0.25) is 0 Å². The first-order valence-electron chi connectivity index (χ1n) is 7.63. The maximum absolute atomic E-state index is 12.4. The summed E-state index contributed by atoms with van der Waals surface area (Å²) >= 11 is 0. The standard InChI is InChI=1S/C16H18N4O3/c1-11-9-14(19-23-11)18-15(21)12-5-6-17-13(10-12)16(22)20-7-3-2-4-8-20/h5-6,9-10H,2-4,7-8H2,1H3,(H,18,19,21). The van der Waals surface area contributed by atoms with E-state index in [1.807, 2.05) is 0 Å². The van der Waals surface area contributed by atoms with Crippen LogP contribution >= 0.6 is 0 Å². The van der Waals surface area contributed by atoms with Crippen LogP contribution in [0.1, 0.15) is 45.9 Å². The van der Waals surface area contributed by atoms with Crippen molar-refractivity contribution in [1.29, 1.82) is 0 Å². The average molecular weight is 314 g/mol. The molecule has 7 nitrogen and oxygen atoms in total. The zero-order valence-electron chi connectivity index (χ0n) is 12.9. The molecule has 0 saturated carbocycles. The summed E-state index contributed by atoms with van der Waals surface area (Å²) in [6, 6.07) is 4.70. The molecule has 0 atom stereocenters. The van der Waals surface area contributed by atoms with E-state index in [0.29, 0.717) is 17.1 Å². The highest BCUT2D eigenvalue weighted by Gasteiger charge is 2.20. The van der Waals surface area contributed by atoms with Crippen molar-refractivity contribution in [2.75, 3.05) is 18.4 Å². The normalized spacial score (nSPS) is 14.6. The van der Waals surface area contributed by atoms with Crippen molar-refractivity contribution in [2.24, 2.45) is 0 Å². The summed E-state index contributed by atoms with van der Waals surface area (Å²) in [7, 11) is 0. The highest BCUT2D eigenvalue weighted by Crippen LogP contribution is 2.14. The molecule has 3 rings (SSSR count). The Bertz CT molecular complexity index is 720. The molecule has 1 saturated heterocycles. The molecule has 1 aliphatic rings. The molecular weight excluding hydrogens is 296 g/mol. The molecule has 1 fully saturated rings. The third kappa shape index (κ3) is 3.56. The van der Waals surface area contributed by atoms with Gasteiger partial charge in [0.1, 0.15) is 11.5 Å². The number of pyridine rings is 1. The van der Waals surface area contributed by atoms with Gasteiger partial charge in [0.15, 0.2) is 5.82 Å². The van der Waals surface area contributed by atoms with Gasteiger partial charge in [-0.05, 0) is 38.3 Å². The van der Waals surface area contributed by atoms with Crippen molar-refractivity contribution in [3.63, 3.8) is 0 Å². The van der Waals surface area contributed by atoms with Gasteiger partial charge >= 0.3 is 0 Å². The highest BCUT2D eigenvalue weighted by molar-refractivity contribution is 6.05. The molecule has 0 unspecified atom stereocenters. The van der Waals surface area contributed by atoms with Crippen molar-refractivity contribution >= 4 is 17.6 Å². The van der Waals surface area contributed by atoms with Crippen LogP contribution in [-0.4, -0.2) is 39.9 Å². The second-order valence-corrected chi connectivity index (χ2v) is 5.56. The number of hydrogen-bond acceptors (Lipinski definition) is 5. The van der Waals surface area contributed by atoms with E-state index >= 15 is 0 Å². The van der Waals surface area contributed by atoms with E-state index in [-0.39, 0.29) is 17.5 Å². The van der Waals surface area contributed by atoms with E-state index in [0.717, 1.165) is 32.4 Å². The van der Waals surface area contributed by atoms with E-state index in [1.54, 1.807) is 24.0 Å². The van der Waals surface area contributed by atoms with Gasteiger partial charge in [0.25, 0.3) is 11.8 Å². The summed E-state index contributed by atoms with van der Waals surface area (Å²) in [6.45, 7) is 3.23. The Labute approximate surface area is 133 Å². The third-order valence-electron chi connectivity index (χ3n) is 3.75. The minimum absolute atomic E-state index is 0.128. The zero-order chi connectivity index (χ0) is 16.2. The van der Waals surface area contributed by atoms with Crippen LogP contribution in [0.4, 0.5) is 5.82 Å². The maximum Gasteiger partial charge on any atom is 0.272 e. The number of aromatic nitrogens is 2. The van der Waals surface area contributed by atoms with Crippen LogP contribution in [-0.2, 0) is 0 Å². The van der Waals surface area contributed by atoms with Gasteiger partial charge in [0, 0.05) is 30.9 Å². The topological polar surface area (TPSA) is 88.3 Å². The monoisotopic (exact) mass is 314 g/mol. The molecule has 0 aliphatic carbocycles. The van der Waals surface area contributed by atoms with Gasteiger partial charge in [-0.2, -0.15) is 0 Å². The first-order chi connectivity index (χ1) is 11.1. The van der Waals surface area contributed by atoms with Crippen molar-refractivity contribution in [2.45, 2.75) is 26.2 Å². The third-order valence-corrected chi connectivity index (χ3v) is 3.75. The molecular formula is C16H18N4O3. The van der Waals surface area contributed by atoms with Crippen LogP contribution in [0, 0.1) is 6.92 Å². The van der Waals surface area contributed by atoms with Gasteiger partial charge in [-0.15, -0.1) is 0 Å². The number of hydrogen-bond donors (Lipinski definition) is 1. The largest absolute Gasteiger partial charge is 0.360 e. The Balaban J connectivity index is 1.73. The number of rotatable bonds is 3. The number of carbonyl (C=O) groups excluding carboxylic acids is 2. The van der Waals surface area contributed by atoms with Crippen LogP contribution < -0.4 is 5.32 Å². The lowest BCUT2D eigenvalue weighted by molar-refractivity contribution is 0.0718. The average Bonchev–Trinajstić information content (AvgIpc) is 3.00. The van der Waals surface area contributed by atoms with Gasteiger partial charge in [0.05, 0.1) is 0 Å². The molecule has 2 aromatic heterocycles. The minimum Gasteiger partial charge on any atom is -0.360 e. The van der Waals surface area contributed by atoms with E-state index in [1.165, 1.54) is 12.3 Å². The fraction of sp³-hybridized carbons (Fsp3) is 0.375. The lowest BCUT2D eigenvalue weighted by atomic mass is 10.1. The molecule has 1 aliphatic heterocycles. The molecule has 0 radical (unpaired) electrons. The van der Waals surface area contributed by atoms with Crippen LogP contribution in [0.2, 0.25) is 0 Å². The number of anilines is 1. The van der Waals surface area contributed by atoms with Gasteiger partial charge in [-0.1, -0.05) is 5.16 Å². The van der Waals surface area contributed by atoms with Crippen molar-refractivity contribution in [3.8, 4) is 0 Å². The summed E-state index contributed by atoms with van der Waals surface area (Å²) in [6.07, 6.45) is 4.64. The number of aryl methyl sites for hydroxylation is 1. The van der Waals surface area contributed by atoms with Crippen molar-refractivity contribution in [3.05, 3.63) is 41.4 Å². The number of carbonyl (C=O) groups is 2. The molecule has 0 spiro atoms. The number of nitrogens with one attached hydrogen (secondary N) is 1. The predicted octanol–water partition coefficient (Wildman–Crippen LogP) is 2.26. The summed E-state index contributed by atoms with van der Waals surface area (Å²) < 4.78 is 4.90. The summed E-state index contributed by atoms with van der Waals surface area (Å²) in [5.74, 6) is 0.467. The van der Waals surface area contributed by atoms with Crippen LogP contribution in [0.3, 0.4) is 0 Å². The van der Waals surface area contributed by atoms with Gasteiger partial charge < -0.3 is 14.7 Å². The quantitative estimate of drug-likeness (QED) is 0.938. The molecule has 7 heteroatoms. The minimum atomic E-state index is -0.353. The van der Waals surface area contributed by atoms with Gasteiger partial charge in [-0.25, -0.2) is 0 Å². The number of piperidine rings is 1. The fourth-order valence-corrected chi connectivity index (χ4v) is 2.56. The summed E-state index contributed by atoms with van der Waals surface area (Å²) in [4.78, 5) is 30.6. The lowest BCUT2D eigenvalue weighted by Gasteiger charge is -2.26. The Morgan fingerprint density at radius 1 is 1.22 bits per heavy atom. The molecule has 2 amide bonds. The maximum atomic E-state index is 12.4. The SMILES string of the molecule is Cc1cc(NC(=O)c2ccnc(C(=O)N3CCCCC3)c2)no1. The molecule has 23 heavy (non-hydrogen) atoms. The Morgan fingerprint density at radius 2 is 2.00 bits per heavy atom. The Morgan fingerprint density at radius 3 is 2.70 bits per heavy atom. The molecule has 2 aromatic rings. The number of amides is 2. The van der Waals surface area contributed by atoms with Crippen LogP contribution in [0.5, 0.6) is 0 Å². The fourth-order valence-electron chi connectivity index (χ4n) is 2.56. The van der Waals surface area contributed by atoms with E-state index in [2.05, 4.69) is 15.5 Å². The number of nitrogens with zero attached hydrogens (tertiary/aromatic N) is 3. The Hall–Kier alpha value is -2.70. The second kappa shape index (κ2) is 6.60. The predicted molar refractivity (Wildman–Crippen MR) is 83.2 cm³/mol. The molecule has 0 aromatic carbocycles. The van der Waals surface area contributed by atoms with Crippen molar-refractivity contribution in [1.82, 2.24) is 15.0 Å². The molecule has 0 bridgehead atoms. The van der Waals surface area contributed by atoms with E-state index in [9.17, 15) is 9.59 Å². The van der Waals surface area contributed by atoms with Gasteiger partial charge in [-0.3, -0.25) is 14.6 Å². The molecule has 120 valence electrons. The van der Waals surface area contributed by atoms with Crippen LogP contribution in [0.15, 0.2) is 28.9 Å². The molecule has 1 N–H and O–H groups in total. The number of likely N-dealkylation sites (tertiary alicyclic amines) is 1. The van der Waals surface area contributed by atoms with Crippen molar-refractivity contribution < 1.29 is 14.1 Å². The summed E-state index contributed by atoms with van der Waals surface area (Å²) in [5, 5.41) is 6.34. The van der Waals surface area contributed by atoms with Crippen LogP contribution in [0.25, 0.3) is 0 Å². The first-order valence-corrected chi connectivity index (χ1v) is 7.63. The smallest absolute Gasteiger partial charge is 0.272 e. The van der Waals surface area contributed by atoms with E-state index in [4.69, 9.17) is 4.52 Å². The zero-order valence-corrected chi connectivity index (χ0v) is 12.9.